The van der Waals surface area contributed by atoms with Gasteiger partial charge in [-0.05, 0) is 12.2 Å². The van der Waals surface area contributed by atoms with E-state index in [1.807, 2.05) is 0 Å². The number of carbonyl (C=O) groups is 3. The van der Waals surface area contributed by atoms with Crippen molar-refractivity contribution in [2.75, 3.05) is 32.3 Å². The fraction of sp³-hybridized carbons (Fsp3) is 0.294. The van der Waals surface area contributed by atoms with E-state index in [0.717, 1.165) is 18.4 Å². The highest BCUT2D eigenvalue weighted by atomic mass is 32.2. The zero-order valence-electron chi connectivity index (χ0n) is 15.9. The molecule has 0 aromatic carbocycles. The summed E-state index contributed by atoms with van der Waals surface area (Å²) in [6.45, 7) is -0.287. The summed E-state index contributed by atoms with van der Waals surface area (Å²) in [4.78, 5) is 38.1. The Morgan fingerprint density at radius 3 is 2.53 bits per heavy atom. The molecule has 0 bridgehead atoms. The van der Waals surface area contributed by atoms with Crippen LogP contribution in [-0.4, -0.2) is 63.6 Å². The van der Waals surface area contributed by atoms with Crippen molar-refractivity contribution in [1.29, 1.82) is 0 Å². The number of amidine groups is 1. The molecule has 160 valence electrons. The Morgan fingerprint density at radius 2 is 1.87 bits per heavy atom. The third-order valence-corrected chi connectivity index (χ3v) is 6.41. The van der Waals surface area contributed by atoms with Gasteiger partial charge < -0.3 is 24.8 Å². The molecular weight excluding hydrogens is 438 g/mol. The number of sulfonamides is 1. The number of anilines is 1. The van der Waals surface area contributed by atoms with Gasteiger partial charge in [0.15, 0.2) is 0 Å². The van der Waals surface area contributed by atoms with Gasteiger partial charge in [0.1, 0.15) is 27.9 Å². The van der Waals surface area contributed by atoms with Crippen LogP contribution in [0.3, 0.4) is 0 Å². The van der Waals surface area contributed by atoms with Crippen molar-refractivity contribution in [3.8, 4) is 0 Å². The van der Waals surface area contributed by atoms with Crippen LogP contribution in [0.5, 0.6) is 0 Å². The number of methoxy groups -OCH3 is 2. The second-order valence-corrected chi connectivity index (χ2v) is 8.86. The highest BCUT2D eigenvalue weighted by Gasteiger charge is 2.29. The summed E-state index contributed by atoms with van der Waals surface area (Å²) in [7, 11) is -1.19. The normalized spacial score (nSPS) is 16.8. The number of nitrogens with two attached hydrogens (primary N) is 1. The third kappa shape index (κ3) is 4.21. The van der Waals surface area contributed by atoms with Gasteiger partial charge in [-0.3, -0.25) is 0 Å². The molecule has 0 saturated heterocycles. The van der Waals surface area contributed by atoms with E-state index in [9.17, 15) is 22.8 Å². The molecule has 0 fully saturated rings. The molecule has 2 N–H and O–H groups in total. The first-order valence-electron chi connectivity index (χ1n) is 8.41. The quantitative estimate of drug-likeness (QED) is 0.488. The van der Waals surface area contributed by atoms with Crippen LogP contribution in [0, 0.1) is 0 Å². The van der Waals surface area contributed by atoms with Crippen LogP contribution in [0.4, 0.5) is 5.00 Å². The minimum atomic E-state index is -3.51. The number of fused-ring (bicyclic) bond motifs is 1. The largest absolute Gasteiger partial charge is 0.465 e. The number of rotatable bonds is 5. The minimum absolute atomic E-state index is 0.0204. The van der Waals surface area contributed by atoms with E-state index in [-0.39, 0.29) is 44.7 Å². The fourth-order valence-electron chi connectivity index (χ4n) is 2.75. The second-order valence-electron chi connectivity index (χ2n) is 6.05. The lowest BCUT2D eigenvalue weighted by Gasteiger charge is -2.26. The average Bonchev–Trinajstić information content (AvgIpc) is 3.05. The van der Waals surface area contributed by atoms with Crippen LogP contribution < -0.4 is 5.73 Å². The van der Waals surface area contributed by atoms with Crippen molar-refractivity contribution in [2.45, 2.75) is 6.61 Å². The van der Waals surface area contributed by atoms with E-state index in [1.54, 1.807) is 0 Å². The third-order valence-electron chi connectivity index (χ3n) is 4.20. The number of esters is 3. The molecule has 2 aliphatic heterocycles. The van der Waals surface area contributed by atoms with E-state index in [2.05, 4.69) is 13.9 Å². The van der Waals surface area contributed by atoms with Gasteiger partial charge in [0.05, 0.1) is 25.5 Å². The van der Waals surface area contributed by atoms with Gasteiger partial charge in [-0.15, -0.1) is 15.7 Å². The zero-order chi connectivity index (χ0) is 22.1. The van der Waals surface area contributed by atoms with Crippen LogP contribution in [0.1, 0.15) is 25.6 Å². The van der Waals surface area contributed by atoms with Crippen LogP contribution in [0.15, 0.2) is 28.3 Å². The topological polar surface area (TPSA) is 155 Å². The molecule has 0 saturated carbocycles. The number of hydrogen-bond acceptors (Lipinski definition) is 11. The molecular formula is C17H17N3O8S2. The van der Waals surface area contributed by atoms with Gasteiger partial charge in [0, 0.05) is 18.3 Å². The summed E-state index contributed by atoms with van der Waals surface area (Å²) < 4.78 is 41.4. The maximum atomic E-state index is 12.5. The number of thiophene rings is 1. The molecule has 1 aromatic rings. The molecule has 1 aromatic heterocycles. The first kappa shape index (κ1) is 21.5. The van der Waals surface area contributed by atoms with E-state index >= 15 is 0 Å². The molecule has 3 heterocycles. The first-order chi connectivity index (χ1) is 14.2. The van der Waals surface area contributed by atoms with Crippen molar-refractivity contribution in [3.63, 3.8) is 0 Å². The van der Waals surface area contributed by atoms with Crippen molar-refractivity contribution >= 4 is 50.1 Å². The van der Waals surface area contributed by atoms with Crippen LogP contribution in [0.2, 0.25) is 0 Å². The molecule has 30 heavy (non-hydrogen) atoms. The summed E-state index contributed by atoms with van der Waals surface area (Å²) in [6, 6.07) is 0. The van der Waals surface area contributed by atoms with Crippen molar-refractivity contribution in [1.82, 2.24) is 4.90 Å². The minimum Gasteiger partial charge on any atom is -0.465 e. The summed E-state index contributed by atoms with van der Waals surface area (Å²) in [5.74, 6) is -2.25. The van der Waals surface area contributed by atoms with E-state index < -0.39 is 34.5 Å². The smallest absolute Gasteiger partial charge is 0.348 e. The van der Waals surface area contributed by atoms with Gasteiger partial charge >= 0.3 is 17.9 Å². The molecule has 0 aliphatic carbocycles. The van der Waals surface area contributed by atoms with Gasteiger partial charge in [-0.25, -0.2) is 22.8 Å². The number of ether oxygens (including phenoxy) is 3. The van der Waals surface area contributed by atoms with Crippen LogP contribution in [-0.2, 0) is 35.6 Å². The van der Waals surface area contributed by atoms with Gasteiger partial charge in [0.25, 0.3) is 10.0 Å². The van der Waals surface area contributed by atoms with Crippen LogP contribution >= 0.6 is 11.3 Å². The molecule has 0 atom stereocenters. The van der Waals surface area contributed by atoms with Crippen molar-refractivity contribution in [3.05, 3.63) is 39.9 Å². The molecule has 2 aliphatic rings. The molecule has 0 spiro atoms. The first-order valence-corrected chi connectivity index (χ1v) is 10.8. The predicted octanol–water partition coefficient (Wildman–Crippen LogP) is 0.444. The van der Waals surface area contributed by atoms with E-state index in [4.69, 9.17) is 10.5 Å². The molecule has 3 rings (SSSR count). The Labute approximate surface area is 175 Å². The standard InChI is InChI=1S/C17H17N3O8S2/c1-26-16(22)12-10(13(17(23)27-2)29-14(12)18)8-28-15(21)9-3-4-11-19-30(24,25)6-5-20(11)7-9/h3-4,7H,5-6,8,18H2,1-2H3. The maximum Gasteiger partial charge on any atom is 0.348 e. The Kier molecular flexibility index (Phi) is 5.94. The Bertz CT molecular complexity index is 1110. The number of hydrogen-bond donors (Lipinski definition) is 1. The Morgan fingerprint density at radius 1 is 1.17 bits per heavy atom. The van der Waals surface area contributed by atoms with Crippen molar-refractivity contribution in [2.24, 2.45) is 4.40 Å². The average molecular weight is 455 g/mol. The lowest BCUT2D eigenvalue weighted by molar-refractivity contribution is -0.140. The lowest BCUT2D eigenvalue weighted by Crippen LogP contribution is -2.37. The highest BCUT2D eigenvalue weighted by Crippen LogP contribution is 2.33. The molecule has 13 heteroatoms. The van der Waals surface area contributed by atoms with Gasteiger partial charge in [-0.1, -0.05) is 0 Å². The van der Waals surface area contributed by atoms with E-state index in [0.29, 0.717) is 0 Å². The van der Waals surface area contributed by atoms with Gasteiger partial charge in [0.2, 0.25) is 0 Å². The second kappa shape index (κ2) is 8.28. The highest BCUT2D eigenvalue weighted by molar-refractivity contribution is 7.90. The van der Waals surface area contributed by atoms with Gasteiger partial charge in [-0.2, -0.15) is 0 Å². The molecule has 11 nitrogen and oxygen atoms in total. The fourth-order valence-corrected chi connectivity index (χ4v) is 4.70. The number of nitrogens with zero attached hydrogens (tertiary/aromatic N) is 2. The molecule has 0 amide bonds. The summed E-state index contributed by atoms with van der Waals surface area (Å²) in [5.41, 5.74) is 5.98. The zero-order valence-corrected chi connectivity index (χ0v) is 17.5. The SMILES string of the molecule is COC(=O)c1sc(N)c(C(=O)OC)c1COC(=O)C1=CN2CCS(=O)(=O)N=C2C=C1. The summed E-state index contributed by atoms with van der Waals surface area (Å²) >= 11 is 0.821. The lowest BCUT2D eigenvalue weighted by atomic mass is 10.1. The summed E-state index contributed by atoms with van der Waals surface area (Å²) in [6.07, 6.45) is 4.17. The van der Waals surface area contributed by atoms with Crippen LogP contribution in [0.25, 0.3) is 0 Å². The predicted molar refractivity (Wildman–Crippen MR) is 106 cm³/mol. The van der Waals surface area contributed by atoms with Crippen molar-refractivity contribution < 1.29 is 37.0 Å². The number of carbonyl (C=O) groups excluding carboxylic acids is 3. The Balaban J connectivity index is 1.82. The monoisotopic (exact) mass is 455 g/mol. The summed E-state index contributed by atoms with van der Waals surface area (Å²) in [5, 5.41) is 0.0282. The molecule has 0 unspecified atom stereocenters. The maximum absolute atomic E-state index is 12.5. The number of nitrogen functional groups attached to an aromatic ring is 1. The Hall–Kier alpha value is -3.19. The van der Waals surface area contributed by atoms with E-state index in [1.165, 1.54) is 30.4 Å². The molecule has 0 radical (unpaired) electrons.